The maximum Gasteiger partial charge on any atom is 0.254 e. The number of halogens is 3. The van der Waals surface area contributed by atoms with Crippen LogP contribution in [0.3, 0.4) is 0 Å². The molecule has 2 aromatic carbocycles. The fourth-order valence-electron chi connectivity index (χ4n) is 3.88. The molecule has 1 saturated heterocycles. The second-order valence-electron chi connectivity index (χ2n) is 8.19. The Morgan fingerprint density at radius 3 is 2.58 bits per heavy atom. The molecule has 0 bridgehead atoms. The monoisotopic (exact) mass is 454 g/mol. The zero-order chi connectivity index (χ0) is 22.9. The average molecular weight is 455 g/mol. The topological polar surface area (TPSA) is 75.6 Å². The van der Waals surface area contributed by atoms with E-state index < -0.39 is 52.8 Å². The van der Waals surface area contributed by atoms with Crippen LogP contribution in [0.5, 0.6) is 0 Å². The van der Waals surface area contributed by atoms with Crippen molar-refractivity contribution in [3.05, 3.63) is 59.7 Å². The molecule has 1 fully saturated rings. The summed E-state index contributed by atoms with van der Waals surface area (Å²) in [6.45, 7) is 2.28. The zero-order valence-corrected chi connectivity index (χ0v) is 18.3. The van der Waals surface area contributed by atoms with E-state index in [0.29, 0.717) is 5.56 Å². The summed E-state index contributed by atoms with van der Waals surface area (Å²) in [6.07, 6.45) is -0.281. The first-order chi connectivity index (χ1) is 14.5. The highest BCUT2D eigenvalue weighted by molar-refractivity contribution is 7.88. The third-order valence-electron chi connectivity index (χ3n) is 5.31. The Labute approximate surface area is 182 Å². The highest BCUT2D eigenvalue weighted by Crippen LogP contribution is 2.31. The first-order valence-electron chi connectivity index (χ1n) is 9.79. The number of hydrogen-bond donors (Lipinski definition) is 2. The number of benzene rings is 2. The van der Waals surface area contributed by atoms with Gasteiger partial charge in [0.1, 0.15) is 35.7 Å². The zero-order valence-electron chi connectivity index (χ0n) is 17.4. The van der Waals surface area contributed by atoms with Gasteiger partial charge >= 0.3 is 0 Å². The van der Waals surface area contributed by atoms with Gasteiger partial charge < -0.3 is 14.6 Å². The minimum atomic E-state index is -1.75. The summed E-state index contributed by atoms with van der Waals surface area (Å²) >= 11 is -1.57. The number of amides is 1. The molecular formula is C22H25F3N2O3S. The number of aliphatic hydroxyl groups is 1. The van der Waals surface area contributed by atoms with E-state index in [9.17, 15) is 23.2 Å². The highest BCUT2D eigenvalue weighted by Gasteiger charge is 2.48. The van der Waals surface area contributed by atoms with Crippen molar-refractivity contribution >= 4 is 17.3 Å². The number of carbonyl (C=O) groups is 1. The van der Waals surface area contributed by atoms with Gasteiger partial charge in [-0.15, -0.1) is 4.72 Å². The number of nitrogens with zero attached hydrogens (tertiary/aromatic N) is 1. The van der Waals surface area contributed by atoms with E-state index in [1.54, 1.807) is 12.1 Å². The molecule has 3 rings (SSSR count). The molecule has 0 aliphatic carbocycles. The Balaban J connectivity index is 1.98. The van der Waals surface area contributed by atoms with Crippen LogP contribution in [0.4, 0.5) is 13.2 Å². The van der Waals surface area contributed by atoms with Crippen molar-refractivity contribution in [1.82, 2.24) is 9.62 Å². The van der Waals surface area contributed by atoms with Gasteiger partial charge in [-0.1, -0.05) is 30.3 Å². The van der Waals surface area contributed by atoms with Crippen LogP contribution < -0.4 is 4.72 Å². The maximum atomic E-state index is 15.3. The Morgan fingerprint density at radius 1 is 1.29 bits per heavy atom. The van der Waals surface area contributed by atoms with E-state index in [1.165, 1.54) is 55.3 Å². The smallest absolute Gasteiger partial charge is 0.254 e. The van der Waals surface area contributed by atoms with Gasteiger partial charge in [-0.2, -0.15) is 0 Å². The van der Waals surface area contributed by atoms with Gasteiger partial charge in [0.25, 0.3) is 5.91 Å². The summed E-state index contributed by atoms with van der Waals surface area (Å²) in [5, 5.41) is 10.2. The summed E-state index contributed by atoms with van der Waals surface area (Å²) in [5.74, 6) is -1.81. The van der Waals surface area contributed by atoms with Crippen molar-refractivity contribution < 1.29 is 27.6 Å². The van der Waals surface area contributed by atoms with E-state index in [2.05, 4.69) is 4.72 Å². The van der Waals surface area contributed by atoms with Gasteiger partial charge in [0.05, 0.1) is 12.6 Å². The molecule has 2 aromatic rings. The van der Waals surface area contributed by atoms with Gasteiger partial charge in [0.2, 0.25) is 0 Å². The molecular weight excluding hydrogens is 429 g/mol. The van der Waals surface area contributed by atoms with Gasteiger partial charge in [-0.3, -0.25) is 4.79 Å². The molecule has 1 heterocycles. The first-order valence-corrected chi connectivity index (χ1v) is 11.3. The Bertz CT molecular complexity index is 952. The number of alkyl halides is 1. The molecule has 0 aromatic heterocycles. The molecule has 0 saturated carbocycles. The molecule has 2 N–H and O–H groups in total. The van der Waals surface area contributed by atoms with Crippen LogP contribution in [0.15, 0.2) is 42.5 Å². The predicted octanol–water partition coefficient (Wildman–Crippen LogP) is 2.75. The molecule has 0 spiro atoms. The largest absolute Gasteiger partial charge is 0.598 e. The molecule has 9 heteroatoms. The average Bonchev–Trinajstić information content (AvgIpc) is 2.97. The van der Waals surface area contributed by atoms with E-state index in [-0.39, 0.29) is 24.1 Å². The number of rotatable bonds is 6. The van der Waals surface area contributed by atoms with E-state index in [0.717, 1.165) is 0 Å². The van der Waals surface area contributed by atoms with Crippen LogP contribution in [0.1, 0.15) is 19.4 Å². The molecule has 4 unspecified atom stereocenters. The van der Waals surface area contributed by atoms with E-state index in [1.807, 2.05) is 0 Å². The van der Waals surface area contributed by atoms with Crippen LogP contribution in [-0.4, -0.2) is 57.1 Å². The Morgan fingerprint density at radius 2 is 1.97 bits per heavy atom. The fraction of sp³-hybridized carbons (Fsp3) is 0.409. The second kappa shape index (κ2) is 9.20. The summed E-state index contributed by atoms with van der Waals surface area (Å²) in [6, 6.07) is 8.26. The summed E-state index contributed by atoms with van der Waals surface area (Å²) < 4.78 is 58.1. The molecule has 0 radical (unpaired) electrons. The van der Waals surface area contributed by atoms with E-state index in [4.69, 9.17) is 0 Å². The molecule has 1 aliphatic heterocycles. The standard InChI is InChI=1S/C22H25F3N2O3S/c1-22(2,29)21(28)27-12-17(24)20(26-31(3)30)18(27)11-14-7-5-9-16(19(14)25)13-6-4-8-15(23)10-13/h4-10,17-18,20,26,29H,11-12H2,1-3H3. The lowest BCUT2D eigenvalue weighted by Crippen LogP contribution is -2.53. The lowest BCUT2D eigenvalue weighted by Gasteiger charge is -2.32. The predicted molar refractivity (Wildman–Crippen MR) is 113 cm³/mol. The third kappa shape index (κ3) is 5.23. The normalized spacial score (nSPS) is 22.6. The molecule has 4 atom stereocenters. The minimum Gasteiger partial charge on any atom is -0.598 e. The molecule has 1 amide bonds. The van der Waals surface area contributed by atoms with Crippen LogP contribution in [0.25, 0.3) is 11.1 Å². The van der Waals surface area contributed by atoms with Crippen LogP contribution >= 0.6 is 0 Å². The minimum absolute atomic E-state index is 0.0773. The SMILES string of the molecule is C[S+]([O-])NC1C(F)CN(C(=O)C(C)(C)O)C1Cc1cccc(-c2cccc(F)c2)c1F. The number of hydrogen-bond acceptors (Lipinski definition) is 4. The molecule has 31 heavy (non-hydrogen) atoms. The number of likely N-dealkylation sites (tertiary alicyclic amines) is 1. The van der Waals surface area contributed by atoms with Crippen LogP contribution in [-0.2, 0) is 22.6 Å². The van der Waals surface area contributed by atoms with Gasteiger partial charge in [0.15, 0.2) is 0 Å². The van der Waals surface area contributed by atoms with Crippen molar-refractivity contribution in [2.24, 2.45) is 0 Å². The Kier molecular flexibility index (Phi) is 7.00. The van der Waals surface area contributed by atoms with Crippen LogP contribution in [0.2, 0.25) is 0 Å². The molecule has 1 aliphatic rings. The first kappa shape index (κ1) is 23.6. The maximum absolute atomic E-state index is 15.3. The quantitative estimate of drug-likeness (QED) is 0.659. The summed E-state index contributed by atoms with van der Waals surface area (Å²) in [4.78, 5) is 13.9. The lowest BCUT2D eigenvalue weighted by molar-refractivity contribution is -0.149. The van der Waals surface area contributed by atoms with Gasteiger partial charge in [-0.05, 0) is 43.5 Å². The summed E-state index contributed by atoms with van der Waals surface area (Å²) in [7, 11) is 0. The Hall–Kier alpha value is -2.07. The van der Waals surface area contributed by atoms with Crippen molar-refractivity contribution in [3.63, 3.8) is 0 Å². The van der Waals surface area contributed by atoms with Crippen molar-refractivity contribution in [1.29, 1.82) is 0 Å². The fourth-order valence-corrected chi connectivity index (χ4v) is 4.57. The van der Waals surface area contributed by atoms with Gasteiger partial charge in [0, 0.05) is 16.9 Å². The summed E-state index contributed by atoms with van der Waals surface area (Å²) in [5.41, 5.74) is -1.03. The van der Waals surface area contributed by atoms with Crippen LogP contribution in [0, 0.1) is 11.6 Å². The lowest BCUT2D eigenvalue weighted by atomic mass is 9.95. The van der Waals surface area contributed by atoms with Crippen molar-refractivity contribution in [2.45, 2.75) is 44.1 Å². The molecule has 168 valence electrons. The van der Waals surface area contributed by atoms with Crippen molar-refractivity contribution in [2.75, 3.05) is 12.8 Å². The third-order valence-corrected chi connectivity index (χ3v) is 5.91. The van der Waals surface area contributed by atoms with Gasteiger partial charge in [-0.25, -0.2) is 13.2 Å². The second-order valence-corrected chi connectivity index (χ2v) is 9.33. The van der Waals surface area contributed by atoms with E-state index >= 15 is 4.39 Å². The number of carbonyl (C=O) groups excluding carboxylic acids is 1. The highest BCUT2D eigenvalue weighted by atomic mass is 32.2. The number of nitrogens with one attached hydrogen (secondary N) is 1. The van der Waals surface area contributed by atoms with Crippen molar-refractivity contribution in [3.8, 4) is 11.1 Å². The molecule has 5 nitrogen and oxygen atoms in total.